The van der Waals surface area contributed by atoms with E-state index in [2.05, 4.69) is 16.6 Å². The molecule has 1 nitrogen and oxygen atoms in total. The fourth-order valence-corrected chi connectivity index (χ4v) is 1.96. The van der Waals surface area contributed by atoms with Crippen molar-refractivity contribution in [3.8, 4) is 0 Å². The molecule has 0 aromatic rings. The van der Waals surface area contributed by atoms with E-state index < -0.39 is 0 Å². The van der Waals surface area contributed by atoms with E-state index in [9.17, 15) is 0 Å². The Bertz CT molecular complexity index is 120. The van der Waals surface area contributed by atoms with Gasteiger partial charge in [0.2, 0.25) is 0 Å². The first-order valence-corrected chi connectivity index (χ1v) is 5.72. The van der Waals surface area contributed by atoms with Crippen LogP contribution in [0.3, 0.4) is 0 Å². The summed E-state index contributed by atoms with van der Waals surface area (Å²) in [5.74, 6) is 0. The van der Waals surface area contributed by atoms with Gasteiger partial charge in [0.25, 0.3) is 0 Å². The van der Waals surface area contributed by atoms with Crippen LogP contribution in [-0.4, -0.2) is 22.3 Å². The third-order valence-electron chi connectivity index (χ3n) is 1.69. The van der Waals surface area contributed by atoms with Crippen molar-refractivity contribution in [2.45, 2.75) is 19.3 Å². The Balaban J connectivity index is 2.31. The minimum atomic E-state index is 0.933. The summed E-state index contributed by atoms with van der Waals surface area (Å²) in [6, 6.07) is 0. The molecule has 0 bridgehead atoms. The van der Waals surface area contributed by atoms with Crippen LogP contribution in [0.5, 0.6) is 0 Å². The van der Waals surface area contributed by atoms with E-state index in [0.29, 0.717) is 0 Å². The molecular weight excluding hydrogens is 182 g/mol. The largest absolute Gasteiger partial charge is 0.357 e. The van der Waals surface area contributed by atoms with Crippen molar-refractivity contribution in [1.29, 1.82) is 0 Å². The van der Waals surface area contributed by atoms with Crippen LogP contribution in [0.25, 0.3) is 0 Å². The number of hydrogen-bond donors (Lipinski definition) is 1. The van der Waals surface area contributed by atoms with Gasteiger partial charge >= 0.3 is 0 Å². The lowest BCUT2D eigenvalue weighted by Gasteiger charge is -2.27. The summed E-state index contributed by atoms with van der Waals surface area (Å²) in [6.07, 6.45) is 3.93. The predicted octanol–water partition coefficient (Wildman–Crippen LogP) is 2.34. The van der Waals surface area contributed by atoms with Crippen molar-refractivity contribution >= 4 is 39.0 Å². The number of hydrogen-bond acceptors (Lipinski definition) is 3. The zero-order valence-electron chi connectivity index (χ0n) is 5.75. The van der Waals surface area contributed by atoms with Crippen molar-refractivity contribution in [1.82, 2.24) is 4.90 Å². The molecule has 1 aliphatic rings. The molecule has 1 fully saturated rings. The number of thiocarbonyl (C=S) groups is 1. The highest BCUT2D eigenvalue weighted by atomic mass is 33.1. The Morgan fingerprint density at radius 2 is 1.90 bits per heavy atom. The maximum atomic E-state index is 5.09. The molecule has 0 aliphatic carbocycles. The number of thiol groups is 1. The van der Waals surface area contributed by atoms with Crippen molar-refractivity contribution in [2.24, 2.45) is 0 Å². The minimum absolute atomic E-state index is 0.933. The van der Waals surface area contributed by atoms with Gasteiger partial charge in [-0.3, -0.25) is 0 Å². The summed E-state index contributed by atoms with van der Waals surface area (Å²) in [5, 5.41) is 0. The normalized spacial score (nSPS) is 19.1. The molecule has 0 saturated carbocycles. The number of piperidine rings is 1. The third kappa shape index (κ3) is 2.32. The molecule has 0 aromatic carbocycles. The van der Waals surface area contributed by atoms with E-state index in [1.807, 2.05) is 0 Å². The summed E-state index contributed by atoms with van der Waals surface area (Å²) in [5.41, 5.74) is 0. The van der Waals surface area contributed by atoms with Crippen molar-refractivity contribution < 1.29 is 0 Å². The van der Waals surface area contributed by atoms with E-state index in [1.54, 1.807) is 0 Å². The maximum Gasteiger partial charge on any atom is 0.146 e. The summed E-state index contributed by atoms with van der Waals surface area (Å²) in [6.45, 7) is 2.26. The van der Waals surface area contributed by atoms with Crippen LogP contribution in [-0.2, 0) is 0 Å². The maximum absolute atomic E-state index is 5.09. The molecule has 0 aromatic heterocycles. The number of nitrogens with zero attached hydrogens (tertiary/aromatic N) is 1. The van der Waals surface area contributed by atoms with Crippen molar-refractivity contribution in [3.63, 3.8) is 0 Å². The number of rotatable bonds is 0. The Hall–Kier alpha value is 0.590. The molecule has 0 N–H and O–H groups in total. The molecule has 0 amide bonds. The van der Waals surface area contributed by atoms with Gasteiger partial charge in [0, 0.05) is 13.1 Å². The van der Waals surface area contributed by atoms with Crippen LogP contribution in [0.4, 0.5) is 0 Å². The molecule has 0 spiro atoms. The van der Waals surface area contributed by atoms with Crippen LogP contribution in [0.15, 0.2) is 0 Å². The number of likely N-dealkylation sites (tertiary alicyclic amines) is 1. The first kappa shape index (κ1) is 8.68. The molecule has 10 heavy (non-hydrogen) atoms. The highest BCUT2D eigenvalue weighted by Gasteiger charge is 2.11. The Morgan fingerprint density at radius 1 is 1.30 bits per heavy atom. The molecular formula is C6H11NS3. The standard InChI is InChI=1S/C6H11NS3/c8-6(10-9)7-4-2-1-3-5-7/h9H,1-5H2. The Morgan fingerprint density at radius 3 is 2.40 bits per heavy atom. The highest BCUT2D eigenvalue weighted by molar-refractivity contribution is 8.76. The average molecular weight is 193 g/mol. The molecule has 0 radical (unpaired) electrons. The molecule has 58 valence electrons. The second-order valence-electron chi connectivity index (χ2n) is 2.40. The van der Waals surface area contributed by atoms with Gasteiger partial charge in [-0.15, -0.1) is 11.7 Å². The molecule has 1 saturated heterocycles. The first-order valence-electron chi connectivity index (χ1n) is 3.45. The lowest BCUT2D eigenvalue weighted by Crippen LogP contribution is -2.32. The fourth-order valence-electron chi connectivity index (χ4n) is 1.13. The summed E-state index contributed by atoms with van der Waals surface area (Å²) < 4.78 is 0.933. The van der Waals surface area contributed by atoms with Crippen LogP contribution in [0.2, 0.25) is 0 Å². The monoisotopic (exact) mass is 193 g/mol. The van der Waals surface area contributed by atoms with Crippen LogP contribution >= 0.6 is 34.7 Å². The van der Waals surface area contributed by atoms with E-state index in [-0.39, 0.29) is 0 Å². The van der Waals surface area contributed by atoms with Crippen LogP contribution < -0.4 is 0 Å². The van der Waals surface area contributed by atoms with Gasteiger partial charge in [-0.1, -0.05) is 12.2 Å². The van der Waals surface area contributed by atoms with Gasteiger partial charge in [0.15, 0.2) is 0 Å². The van der Waals surface area contributed by atoms with E-state index >= 15 is 0 Å². The SMILES string of the molecule is S=C(SS)N1CCCCC1. The minimum Gasteiger partial charge on any atom is -0.357 e. The van der Waals surface area contributed by atoms with Crippen LogP contribution in [0, 0.1) is 0 Å². The van der Waals surface area contributed by atoms with E-state index in [4.69, 9.17) is 12.2 Å². The Kier molecular flexibility index (Phi) is 3.88. The average Bonchev–Trinajstić information content (AvgIpc) is 2.05. The molecule has 4 heteroatoms. The summed E-state index contributed by atoms with van der Waals surface area (Å²) in [7, 11) is 1.38. The second kappa shape index (κ2) is 4.46. The molecule has 0 atom stereocenters. The molecule has 0 unspecified atom stereocenters. The molecule has 1 heterocycles. The Labute approximate surface area is 76.4 Å². The van der Waals surface area contributed by atoms with E-state index in [1.165, 1.54) is 30.1 Å². The van der Waals surface area contributed by atoms with Gasteiger partial charge in [-0.05, 0) is 30.1 Å². The zero-order valence-corrected chi connectivity index (χ0v) is 8.27. The fraction of sp³-hybridized carbons (Fsp3) is 0.833. The van der Waals surface area contributed by atoms with Gasteiger partial charge in [0.1, 0.15) is 4.32 Å². The molecule has 1 rings (SSSR count). The zero-order chi connectivity index (χ0) is 7.40. The predicted molar refractivity (Wildman–Crippen MR) is 54.6 cm³/mol. The summed E-state index contributed by atoms with van der Waals surface area (Å²) in [4.78, 5) is 2.23. The third-order valence-corrected chi connectivity index (χ3v) is 3.50. The van der Waals surface area contributed by atoms with Gasteiger partial charge < -0.3 is 4.90 Å². The van der Waals surface area contributed by atoms with E-state index in [0.717, 1.165) is 17.4 Å². The van der Waals surface area contributed by atoms with Gasteiger partial charge in [0.05, 0.1) is 0 Å². The smallest absolute Gasteiger partial charge is 0.146 e. The topological polar surface area (TPSA) is 3.24 Å². The van der Waals surface area contributed by atoms with Gasteiger partial charge in [-0.2, -0.15) is 0 Å². The van der Waals surface area contributed by atoms with Gasteiger partial charge in [-0.25, -0.2) is 0 Å². The van der Waals surface area contributed by atoms with Crippen molar-refractivity contribution in [3.05, 3.63) is 0 Å². The lowest BCUT2D eigenvalue weighted by atomic mass is 10.1. The van der Waals surface area contributed by atoms with Crippen molar-refractivity contribution in [2.75, 3.05) is 13.1 Å². The van der Waals surface area contributed by atoms with Crippen LogP contribution in [0.1, 0.15) is 19.3 Å². The lowest BCUT2D eigenvalue weighted by molar-refractivity contribution is 0.352. The second-order valence-corrected chi connectivity index (χ2v) is 4.17. The quantitative estimate of drug-likeness (QED) is 0.357. The highest BCUT2D eigenvalue weighted by Crippen LogP contribution is 2.17. The first-order chi connectivity index (χ1) is 4.84. The molecule has 1 aliphatic heterocycles. The summed E-state index contributed by atoms with van der Waals surface area (Å²) >= 11 is 9.15.